The van der Waals surface area contributed by atoms with Crippen LogP contribution in [-0.4, -0.2) is 29.5 Å². The predicted molar refractivity (Wildman–Crippen MR) is 126 cm³/mol. The number of carbonyl (C=O) groups is 2. The Hall–Kier alpha value is -3.58. The summed E-state index contributed by atoms with van der Waals surface area (Å²) in [5.41, 5.74) is 7.95. The molecule has 0 aliphatic carbocycles. The molecule has 0 bridgehead atoms. The first-order chi connectivity index (χ1) is 15.4. The Kier molecular flexibility index (Phi) is 6.28. The Morgan fingerprint density at radius 3 is 2.44 bits per heavy atom. The van der Waals surface area contributed by atoms with E-state index in [1.54, 1.807) is 24.3 Å². The predicted octanol–water partition coefficient (Wildman–Crippen LogP) is 3.50. The van der Waals surface area contributed by atoms with E-state index in [-0.39, 0.29) is 18.0 Å². The molecule has 3 aromatic rings. The Morgan fingerprint density at radius 1 is 1.00 bits per heavy atom. The van der Waals surface area contributed by atoms with Crippen LogP contribution < -0.4 is 21.5 Å². The molecule has 4 rings (SSSR count). The lowest BCUT2D eigenvalue weighted by molar-refractivity contribution is 0.0996. The van der Waals surface area contributed by atoms with Gasteiger partial charge >= 0.3 is 0 Å². The molecule has 3 N–H and O–H groups in total. The van der Waals surface area contributed by atoms with E-state index in [1.807, 2.05) is 18.2 Å². The SMILES string of the molecule is NC(=O)c1ccc(N2CCCC2)c(NC(=O)c2ccc(=O)n(Cc3ccccc3Cl)c2)c1. The standard InChI is InChI=1S/C24H23ClN4O3/c25-19-6-2-1-5-17(19)14-29-15-18(8-10-22(29)30)24(32)27-20-13-16(23(26)31)7-9-21(20)28-11-3-4-12-28/h1-2,5-10,13,15H,3-4,11-12,14H2,(H2,26,31)(H,27,32). The minimum absolute atomic E-state index is 0.241. The van der Waals surface area contributed by atoms with E-state index < -0.39 is 5.91 Å². The molecule has 7 nitrogen and oxygen atoms in total. The minimum Gasteiger partial charge on any atom is -0.370 e. The second kappa shape index (κ2) is 9.28. The van der Waals surface area contributed by atoms with E-state index in [0.717, 1.165) is 37.2 Å². The van der Waals surface area contributed by atoms with Gasteiger partial charge in [0.1, 0.15) is 0 Å². The number of hydrogen-bond donors (Lipinski definition) is 2. The van der Waals surface area contributed by atoms with Crippen molar-refractivity contribution in [3.05, 3.63) is 92.9 Å². The van der Waals surface area contributed by atoms with Crippen LogP contribution in [0.3, 0.4) is 0 Å². The summed E-state index contributed by atoms with van der Waals surface area (Å²) in [6.07, 6.45) is 3.64. The van der Waals surface area contributed by atoms with E-state index in [2.05, 4.69) is 10.2 Å². The maximum atomic E-state index is 13.1. The number of pyridine rings is 1. The molecule has 164 valence electrons. The van der Waals surface area contributed by atoms with Gasteiger partial charge in [0, 0.05) is 35.9 Å². The number of primary amides is 1. The highest BCUT2D eigenvalue weighted by Gasteiger charge is 2.19. The van der Waals surface area contributed by atoms with Crippen molar-refractivity contribution in [2.24, 2.45) is 5.73 Å². The van der Waals surface area contributed by atoms with Gasteiger partial charge in [-0.1, -0.05) is 29.8 Å². The zero-order chi connectivity index (χ0) is 22.7. The molecule has 1 aliphatic rings. The second-order valence-corrected chi connectivity index (χ2v) is 8.13. The van der Waals surface area contributed by atoms with Gasteiger partial charge < -0.3 is 20.5 Å². The lowest BCUT2D eigenvalue weighted by Crippen LogP contribution is -2.24. The van der Waals surface area contributed by atoms with E-state index in [4.69, 9.17) is 17.3 Å². The molecule has 0 spiro atoms. The van der Waals surface area contributed by atoms with Crippen molar-refractivity contribution in [3.8, 4) is 0 Å². The van der Waals surface area contributed by atoms with Gasteiger partial charge in [-0.2, -0.15) is 0 Å². The average Bonchev–Trinajstić information content (AvgIpc) is 3.31. The van der Waals surface area contributed by atoms with Gasteiger partial charge in [0.15, 0.2) is 0 Å². The van der Waals surface area contributed by atoms with Crippen LogP contribution in [0.1, 0.15) is 39.1 Å². The van der Waals surface area contributed by atoms with Crippen molar-refractivity contribution >= 4 is 34.8 Å². The van der Waals surface area contributed by atoms with Crippen LogP contribution in [-0.2, 0) is 6.54 Å². The highest BCUT2D eigenvalue weighted by molar-refractivity contribution is 6.31. The molecule has 1 aliphatic heterocycles. The molecule has 1 aromatic heterocycles. The molecule has 1 saturated heterocycles. The van der Waals surface area contributed by atoms with Crippen molar-refractivity contribution in [2.45, 2.75) is 19.4 Å². The van der Waals surface area contributed by atoms with Crippen LogP contribution >= 0.6 is 11.6 Å². The van der Waals surface area contributed by atoms with Crippen LogP contribution in [0.5, 0.6) is 0 Å². The first-order valence-corrected chi connectivity index (χ1v) is 10.7. The Morgan fingerprint density at radius 2 is 1.72 bits per heavy atom. The number of carbonyl (C=O) groups excluding carboxylic acids is 2. The highest BCUT2D eigenvalue weighted by atomic mass is 35.5. The number of halogens is 1. The monoisotopic (exact) mass is 450 g/mol. The molecule has 32 heavy (non-hydrogen) atoms. The average molecular weight is 451 g/mol. The lowest BCUT2D eigenvalue weighted by atomic mass is 10.1. The fourth-order valence-electron chi connectivity index (χ4n) is 3.82. The van der Waals surface area contributed by atoms with Gasteiger partial charge in [-0.3, -0.25) is 14.4 Å². The fourth-order valence-corrected chi connectivity index (χ4v) is 4.01. The van der Waals surface area contributed by atoms with Crippen LogP contribution in [0.4, 0.5) is 11.4 Å². The largest absolute Gasteiger partial charge is 0.370 e. The van der Waals surface area contributed by atoms with Gasteiger partial charge in [0.05, 0.1) is 23.5 Å². The van der Waals surface area contributed by atoms with Gasteiger partial charge in [0.25, 0.3) is 11.5 Å². The number of aromatic nitrogens is 1. The second-order valence-electron chi connectivity index (χ2n) is 7.72. The van der Waals surface area contributed by atoms with Crippen LogP contribution in [0.2, 0.25) is 5.02 Å². The van der Waals surface area contributed by atoms with Crippen molar-refractivity contribution in [1.29, 1.82) is 0 Å². The number of nitrogens with zero attached hydrogens (tertiary/aromatic N) is 2. The Balaban J connectivity index is 1.63. The molecule has 0 radical (unpaired) electrons. The first-order valence-electron chi connectivity index (χ1n) is 10.4. The molecule has 1 fully saturated rings. The number of nitrogens with one attached hydrogen (secondary N) is 1. The van der Waals surface area contributed by atoms with E-state index >= 15 is 0 Å². The smallest absolute Gasteiger partial charge is 0.257 e. The maximum absolute atomic E-state index is 13.1. The topological polar surface area (TPSA) is 97.4 Å². The summed E-state index contributed by atoms with van der Waals surface area (Å²) < 4.78 is 1.44. The van der Waals surface area contributed by atoms with Crippen molar-refractivity contribution in [2.75, 3.05) is 23.3 Å². The molecule has 0 atom stereocenters. The molecule has 8 heteroatoms. The molecular weight excluding hydrogens is 428 g/mol. The van der Waals surface area contributed by atoms with Crippen LogP contribution in [0, 0.1) is 0 Å². The molecule has 0 unspecified atom stereocenters. The summed E-state index contributed by atoms with van der Waals surface area (Å²) in [6, 6.07) is 15.1. The van der Waals surface area contributed by atoms with Crippen LogP contribution in [0.25, 0.3) is 0 Å². The van der Waals surface area contributed by atoms with E-state index in [0.29, 0.717) is 21.8 Å². The van der Waals surface area contributed by atoms with Crippen molar-refractivity contribution in [1.82, 2.24) is 4.57 Å². The maximum Gasteiger partial charge on any atom is 0.257 e. The number of rotatable bonds is 6. The van der Waals surface area contributed by atoms with Gasteiger partial charge in [-0.25, -0.2) is 0 Å². The quantitative estimate of drug-likeness (QED) is 0.600. The lowest BCUT2D eigenvalue weighted by Gasteiger charge is -2.22. The minimum atomic E-state index is -0.568. The third-order valence-electron chi connectivity index (χ3n) is 5.52. The van der Waals surface area contributed by atoms with E-state index in [9.17, 15) is 14.4 Å². The number of hydrogen-bond acceptors (Lipinski definition) is 4. The summed E-state index contributed by atoms with van der Waals surface area (Å²) in [4.78, 5) is 39.2. The molecule has 2 amide bonds. The number of amides is 2. The summed E-state index contributed by atoms with van der Waals surface area (Å²) in [6.45, 7) is 2.00. The molecule has 0 saturated carbocycles. The fraction of sp³-hybridized carbons (Fsp3) is 0.208. The van der Waals surface area contributed by atoms with Gasteiger partial charge in [-0.15, -0.1) is 0 Å². The first kappa shape index (κ1) is 21.6. The number of anilines is 2. The number of nitrogens with two attached hydrogens (primary N) is 1. The summed E-state index contributed by atoms with van der Waals surface area (Å²) in [5, 5.41) is 3.44. The van der Waals surface area contributed by atoms with Crippen LogP contribution in [0.15, 0.2) is 65.6 Å². The van der Waals surface area contributed by atoms with Crippen molar-refractivity contribution in [3.63, 3.8) is 0 Å². The third-order valence-corrected chi connectivity index (χ3v) is 5.89. The van der Waals surface area contributed by atoms with Gasteiger partial charge in [0.2, 0.25) is 5.91 Å². The molecule has 2 heterocycles. The number of benzene rings is 2. The zero-order valence-electron chi connectivity index (χ0n) is 17.4. The zero-order valence-corrected chi connectivity index (χ0v) is 18.1. The molecule has 2 aromatic carbocycles. The highest BCUT2D eigenvalue weighted by Crippen LogP contribution is 2.30. The molecular formula is C24H23ClN4O3. The normalized spacial score (nSPS) is 13.2. The summed E-state index contributed by atoms with van der Waals surface area (Å²) in [5.74, 6) is -0.957. The third kappa shape index (κ3) is 4.68. The van der Waals surface area contributed by atoms with E-state index in [1.165, 1.54) is 22.9 Å². The summed E-state index contributed by atoms with van der Waals surface area (Å²) >= 11 is 6.22. The van der Waals surface area contributed by atoms with Gasteiger partial charge in [-0.05, 0) is 48.7 Å². The Labute approximate surface area is 190 Å². The summed E-state index contributed by atoms with van der Waals surface area (Å²) in [7, 11) is 0. The Bertz CT molecular complexity index is 1230. The van der Waals surface area contributed by atoms with Crippen molar-refractivity contribution < 1.29 is 9.59 Å².